The van der Waals surface area contributed by atoms with Gasteiger partial charge in [-0.1, -0.05) is 96.6 Å². The van der Waals surface area contributed by atoms with Crippen molar-refractivity contribution < 1.29 is 0 Å². The van der Waals surface area contributed by atoms with Gasteiger partial charge in [-0.3, -0.25) is 0 Å². The molecule has 31 heavy (non-hydrogen) atoms. The standard InChI is InChI=1S/C29H25NS/c1-21-16-18-24(19-17-21)31-29(23-12-6-3-7-13-23)28(22-10-4-2-5-11-22)26-20-30-27-15-9-8-14-25(26)27/h2-20,28-30H,1H3/t28-,29+/m1/s1. The first kappa shape index (κ1) is 19.7. The maximum absolute atomic E-state index is 3.51. The summed E-state index contributed by atoms with van der Waals surface area (Å²) in [6, 6.07) is 39.3. The smallest absolute Gasteiger partial charge is 0.0457 e. The third kappa shape index (κ3) is 4.17. The molecule has 2 heteroatoms. The Morgan fingerprint density at radius 2 is 1.26 bits per heavy atom. The summed E-state index contributed by atoms with van der Waals surface area (Å²) in [5.74, 6) is 0.214. The zero-order valence-electron chi connectivity index (χ0n) is 17.5. The number of aromatic nitrogens is 1. The lowest BCUT2D eigenvalue weighted by Crippen LogP contribution is -2.10. The maximum Gasteiger partial charge on any atom is 0.0457 e. The lowest BCUT2D eigenvalue weighted by Gasteiger charge is -2.28. The SMILES string of the molecule is Cc1ccc(S[C@@H](c2ccccc2)[C@H](c2ccccc2)c2c[nH]c3ccccc23)cc1. The van der Waals surface area contributed by atoms with Crippen LogP contribution >= 0.6 is 11.8 Å². The van der Waals surface area contributed by atoms with Gasteiger partial charge in [0.05, 0.1) is 0 Å². The molecule has 1 aromatic heterocycles. The summed E-state index contributed by atoms with van der Waals surface area (Å²) in [5.41, 5.74) is 6.49. The van der Waals surface area contributed by atoms with E-state index < -0.39 is 0 Å². The van der Waals surface area contributed by atoms with E-state index in [4.69, 9.17) is 0 Å². The normalized spacial score (nSPS) is 13.2. The summed E-state index contributed by atoms with van der Waals surface area (Å²) < 4.78 is 0. The second kappa shape index (κ2) is 8.87. The highest BCUT2D eigenvalue weighted by molar-refractivity contribution is 7.99. The van der Waals surface area contributed by atoms with Crippen LogP contribution in [0.15, 0.2) is 120 Å². The van der Waals surface area contributed by atoms with Crippen LogP contribution in [0.2, 0.25) is 0 Å². The van der Waals surface area contributed by atoms with Gasteiger partial charge in [-0.2, -0.15) is 0 Å². The Morgan fingerprint density at radius 1 is 0.645 bits per heavy atom. The number of aromatic amines is 1. The minimum atomic E-state index is 0.214. The number of aryl methyl sites for hydroxylation is 1. The third-order valence-electron chi connectivity index (χ3n) is 5.83. The van der Waals surface area contributed by atoms with Crippen molar-refractivity contribution in [2.24, 2.45) is 0 Å². The number of para-hydroxylation sites is 1. The van der Waals surface area contributed by atoms with E-state index in [-0.39, 0.29) is 11.2 Å². The number of fused-ring (bicyclic) bond motifs is 1. The topological polar surface area (TPSA) is 15.8 Å². The number of benzene rings is 4. The van der Waals surface area contributed by atoms with Gasteiger partial charge >= 0.3 is 0 Å². The number of hydrogen-bond acceptors (Lipinski definition) is 1. The fourth-order valence-electron chi connectivity index (χ4n) is 4.26. The third-order valence-corrected chi connectivity index (χ3v) is 7.17. The monoisotopic (exact) mass is 419 g/mol. The molecule has 0 amide bonds. The Hall–Kier alpha value is -3.23. The summed E-state index contributed by atoms with van der Waals surface area (Å²) in [6.45, 7) is 2.14. The molecule has 152 valence electrons. The molecule has 0 spiro atoms. The van der Waals surface area contributed by atoms with Crippen LogP contribution in [0.5, 0.6) is 0 Å². The van der Waals surface area contributed by atoms with Crippen molar-refractivity contribution in [2.45, 2.75) is 23.0 Å². The predicted molar refractivity (Wildman–Crippen MR) is 133 cm³/mol. The van der Waals surface area contributed by atoms with Crippen LogP contribution in [0.25, 0.3) is 10.9 Å². The Balaban J connectivity index is 1.69. The molecule has 0 bridgehead atoms. The van der Waals surface area contributed by atoms with E-state index in [1.165, 1.54) is 38.1 Å². The minimum absolute atomic E-state index is 0.214. The number of thioether (sulfide) groups is 1. The molecular weight excluding hydrogens is 394 g/mol. The summed E-state index contributed by atoms with van der Waals surface area (Å²) in [6.07, 6.45) is 2.20. The van der Waals surface area contributed by atoms with E-state index in [1.54, 1.807) is 0 Å². The van der Waals surface area contributed by atoms with Crippen LogP contribution < -0.4 is 0 Å². The number of hydrogen-bond donors (Lipinski definition) is 1. The summed E-state index contributed by atoms with van der Waals surface area (Å²) >= 11 is 1.95. The van der Waals surface area contributed by atoms with E-state index in [0.717, 1.165) is 0 Å². The first-order chi connectivity index (χ1) is 15.3. The van der Waals surface area contributed by atoms with Crippen molar-refractivity contribution in [3.63, 3.8) is 0 Å². The summed E-state index contributed by atoms with van der Waals surface area (Å²) in [7, 11) is 0. The van der Waals surface area contributed by atoms with Gasteiger partial charge in [0, 0.05) is 33.2 Å². The Morgan fingerprint density at radius 3 is 1.97 bits per heavy atom. The fourth-order valence-corrected chi connectivity index (χ4v) is 5.58. The molecule has 1 heterocycles. The van der Waals surface area contributed by atoms with E-state index in [0.29, 0.717) is 0 Å². The molecule has 0 unspecified atom stereocenters. The van der Waals surface area contributed by atoms with E-state index in [1.807, 2.05) is 11.8 Å². The molecule has 5 rings (SSSR count). The van der Waals surface area contributed by atoms with Crippen molar-refractivity contribution in [3.05, 3.63) is 138 Å². The Bertz CT molecular complexity index is 1260. The second-order valence-electron chi connectivity index (χ2n) is 7.94. The van der Waals surface area contributed by atoms with E-state index in [9.17, 15) is 0 Å². The Labute approximate surface area is 188 Å². The van der Waals surface area contributed by atoms with Gasteiger partial charge in [-0.25, -0.2) is 0 Å². The molecule has 0 fully saturated rings. The lowest BCUT2D eigenvalue weighted by atomic mass is 9.85. The molecule has 0 radical (unpaired) electrons. The molecule has 1 nitrogen and oxygen atoms in total. The van der Waals surface area contributed by atoms with Gasteiger partial charge in [0.1, 0.15) is 0 Å². The fraction of sp³-hybridized carbons (Fsp3) is 0.103. The van der Waals surface area contributed by atoms with Crippen LogP contribution in [-0.2, 0) is 0 Å². The van der Waals surface area contributed by atoms with Gasteiger partial charge in [-0.15, -0.1) is 11.8 Å². The average Bonchev–Trinajstić information content (AvgIpc) is 3.25. The first-order valence-corrected chi connectivity index (χ1v) is 11.6. The highest BCUT2D eigenvalue weighted by Crippen LogP contribution is 2.49. The number of nitrogens with one attached hydrogen (secondary N) is 1. The van der Waals surface area contributed by atoms with Crippen molar-refractivity contribution in [1.29, 1.82) is 0 Å². The van der Waals surface area contributed by atoms with Gasteiger partial charge in [0.15, 0.2) is 0 Å². The van der Waals surface area contributed by atoms with Crippen LogP contribution in [0.1, 0.15) is 33.4 Å². The second-order valence-corrected chi connectivity index (χ2v) is 9.16. The molecule has 5 aromatic rings. The van der Waals surface area contributed by atoms with Gasteiger partial charge in [0.2, 0.25) is 0 Å². The number of rotatable bonds is 6. The molecule has 1 N–H and O–H groups in total. The highest BCUT2D eigenvalue weighted by atomic mass is 32.2. The predicted octanol–water partition coefficient (Wildman–Crippen LogP) is 8.14. The van der Waals surface area contributed by atoms with Crippen LogP contribution in [-0.4, -0.2) is 4.98 Å². The highest BCUT2D eigenvalue weighted by Gasteiger charge is 2.29. The molecular formula is C29H25NS. The van der Waals surface area contributed by atoms with Crippen molar-refractivity contribution in [1.82, 2.24) is 4.98 Å². The quantitative estimate of drug-likeness (QED) is 0.275. The summed E-state index contributed by atoms with van der Waals surface area (Å²) in [5, 5.41) is 1.53. The minimum Gasteiger partial charge on any atom is -0.361 e. The maximum atomic E-state index is 3.51. The lowest BCUT2D eigenvalue weighted by molar-refractivity contribution is 0.791. The molecule has 0 saturated carbocycles. The average molecular weight is 420 g/mol. The summed E-state index contributed by atoms with van der Waals surface area (Å²) in [4.78, 5) is 4.80. The molecule has 2 atom stereocenters. The largest absolute Gasteiger partial charge is 0.361 e. The number of H-pyrrole nitrogens is 1. The zero-order chi connectivity index (χ0) is 21.0. The van der Waals surface area contributed by atoms with Gasteiger partial charge in [0.25, 0.3) is 0 Å². The van der Waals surface area contributed by atoms with Crippen molar-refractivity contribution in [3.8, 4) is 0 Å². The Kier molecular flexibility index (Phi) is 5.64. The van der Waals surface area contributed by atoms with Crippen molar-refractivity contribution >= 4 is 22.7 Å². The van der Waals surface area contributed by atoms with E-state index in [2.05, 4.69) is 127 Å². The molecule has 0 saturated heterocycles. The van der Waals surface area contributed by atoms with Crippen LogP contribution in [0.4, 0.5) is 0 Å². The van der Waals surface area contributed by atoms with Gasteiger partial charge in [-0.05, 0) is 41.8 Å². The van der Waals surface area contributed by atoms with Crippen LogP contribution in [0.3, 0.4) is 0 Å². The zero-order valence-corrected chi connectivity index (χ0v) is 18.3. The molecule has 0 aliphatic heterocycles. The van der Waals surface area contributed by atoms with Crippen molar-refractivity contribution in [2.75, 3.05) is 0 Å². The van der Waals surface area contributed by atoms with Gasteiger partial charge < -0.3 is 4.98 Å². The van der Waals surface area contributed by atoms with E-state index >= 15 is 0 Å². The molecule has 4 aromatic carbocycles. The van der Waals surface area contributed by atoms with Crippen LogP contribution in [0, 0.1) is 6.92 Å². The molecule has 0 aliphatic rings. The first-order valence-electron chi connectivity index (χ1n) is 10.7. The molecule has 0 aliphatic carbocycles.